The Hall–Kier alpha value is -3.21. The first kappa shape index (κ1) is 18.2. The van der Waals surface area contributed by atoms with E-state index in [1.165, 1.54) is 16.7 Å². The van der Waals surface area contributed by atoms with Gasteiger partial charge in [-0.3, -0.25) is 4.68 Å². The molecule has 142 valence electrons. The first-order valence-electron chi connectivity index (χ1n) is 9.61. The molecule has 0 aliphatic rings. The van der Waals surface area contributed by atoms with Crippen LogP contribution in [0.2, 0.25) is 0 Å². The summed E-state index contributed by atoms with van der Waals surface area (Å²) in [4.78, 5) is 4.60. The van der Waals surface area contributed by atoms with E-state index in [4.69, 9.17) is 4.52 Å². The normalized spacial score (nSPS) is 11.1. The van der Waals surface area contributed by atoms with Crippen LogP contribution in [0, 0.1) is 13.8 Å². The van der Waals surface area contributed by atoms with E-state index >= 15 is 0 Å². The molecule has 0 spiro atoms. The predicted molar refractivity (Wildman–Crippen MR) is 111 cm³/mol. The van der Waals surface area contributed by atoms with E-state index in [0.717, 1.165) is 29.7 Å². The van der Waals surface area contributed by atoms with Gasteiger partial charge in [0.25, 0.3) is 5.89 Å². The molecule has 0 aliphatic carbocycles. The number of aromatic nitrogens is 4. The average Bonchev–Trinajstić information content (AvgIpc) is 3.32. The number of hydrogen-bond acceptors (Lipinski definition) is 4. The standard InChI is InChI=1S/C23H24N4O/c1-5-9-19-15(2)12-18(13-16(19)3)22-24-23(28-26-22)20-14-21(27(4)25-20)17-10-7-6-8-11-17/h6-8,10-14H,5,9H2,1-4H3. The summed E-state index contributed by atoms with van der Waals surface area (Å²) in [6.07, 6.45) is 2.22. The molecule has 4 aromatic rings. The number of rotatable bonds is 5. The first-order valence-corrected chi connectivity index (χ1v) is 9.61. The predicted octanol–water partition coefficient (Wildman–Crippen LogP) is 5.37. The van der Waals surface area contributed by atoms with Crippen molar-refractivity contribution in [1.29, 1.82) is 0 Å². The summed E-state index contributed by atoms with van der Waals surface area (Å²) in [5.74, 6) is 1.02. The summed E-state index contributed by atoms with van der Waals surface area (Å²) in [5.41, 5.74) is 7.71. The zero-order valence-electron chi connectivity index (χ0n) is 16.7. The third kappa shape index (κ3) is 3.36. The van der Waals surface area contributed by atoms with Crippen molar-refractivity contribution in [1.82, 2.24) is 19.9 Å². The number of nitrogens with zero attached hydrogens (tertiary/aromatic N) is 4. The highest BCUT2D eigenvalue weighted by Gasteiger charge is 2.17. The van der Waals surface area contributed by atoms with Crippen molar-refractivity contribution >= 4 is 0 Å². The molecular weight excluding hydrogens is 348 g/mol. The van der Waals surface area contributed by atoms with Crippen LogP contribution in [-0.2, 0) is 13.5 Å². The van der Waals surface area contributed by atoms with E-state index in [1.807, 2.05) is 36.0 Å². The molecule has 5 heteroatoms. The van der Waals surface area contributed by atoms with E-state index < -0.39 is 0 Å². The lowest BCUT2D eigenvalue weighted by Crippen LogP contribution is -1.95. The van der Waals surface area contributed by atoms with Gasteiger partial charge in [-0.15, -0.1) is 0 Å². The Labute approximate surface area is 165 Å². The Morgan fingerprint density at radius 2 is 1.68 bits per heavy atom. The van der Waals surface area contributed by atoms with Crippen LogP contribution in [-0.4, -0.2) is 19.9 Å². The molecule has 0 N–H and O–H groups in total. The quantitative estimate of drug-likeness (QED) is 0.472. The van der Waals surface area contributed by atoms with Crippen LogP contribution in [0.25, 0.3) is 34.2 Å². The SMILES string of the molecule is CCCc1c(C)cc(-c2noc(-c3cc(-c4ccccc4)n(C)n3)n2)cc1C. The molecule has 4 rings (SSSR count). The van der Waals surface area contributed by atoms with Gasteiger partial charge >= 0.3 is 0 Å². The topological polar surface area (TPSA) is 56.7 Å². The fourth-order valence-corrected chi connectivity index (χ4v) is 3.66. The second-order valence-corrected chi connectivity index (χ2v) is 7.17. The van der Waals surface area contributed by atoms with Gasteiger partial charge in [0.15, 0.2) is 5.69 Å². The van der Waals surface area contributed by atoms with Gasteiger partial charge in [-0.25, -0.2) is 0 Å². The summed E-state index contributed by atoms with van der Waals surface area (Å²) in [6, 6.07) is 16.4. The van der Waals surface area contributed by atoms with Crippen LogP contribution in [0.1, 0.15) is 30.0 Å². The van der Waals surface area contributed by atoms with Crippen molar-refractivity contribution in [2.75, 3.05) is 0 Å². The Bertz CT molecular complexity index is 1090. The van der Waals surface area contributed by atoms with Gasteiger partial charge in [-0.1, -0.05) is 48.8 Å². The highest BCUT2D eigenvalue weighted by molar-refractivity contribution is 5.66. The largest absolute Gasteiger partial charge is 0.332 e. The molecule has 28 heavy (non-hydrogen) atoms. The van der Waals surface area contributed by atoms with Crippen LogP contribution >= 0.6 is 0 Å². The molecule has 2 aromatic carbocycles. The third-order valence-electron chi connectivity index (χ3n) is 5.05. The number of hydrogen-bond donors (Lipinski definition) is 0. The molecule has 0 amide bonds. The van der Waals surface area contributed by atoms with Crippen LogP contribution in [0.4, 0.5) is 0 Å². The minimum absolute atomic E-state index is 0.431. The third-order valence-corrected chi connectivity index (χ3v) is 5.05. The van der Waals surface area contributed by atoms with Crippen molar-refractivity contribution in [3.8, 4) is 34.2 Å². The van der Waals surface area contributed by atoms with Gasteiger partial charge in [-0.05, 0) is 60.7 Å². The Morgan fingerprint density at radius 3 is 2.36 bits per heavy atom. The zero-order chi connectivity index (χ0) is 19.7. The molecule has 2 aromatic heterocycles. The molecule has 0 saturated carbocycles. The Balaban J connectivity index is 1.67. The Kier molecular flexibility index (Phi) is 4.82. The molecule has 0 saturated heterocycles. The van der Waals surface area contributed by atoms with Crippen LogP contribution < -0.4 is 0 Å². The number of aryl methyl sites for hydroxylation is 3. The van der Waals surface area contributed by atoms with Crippen LogP contribution in [0.3, 0.4) is 0 Å². The average molecular weight is 372 g/mol. The molecule has 2 heterocycles. The van der Waals surface area contributed by atoms with Crippen molar-refractivity contribution in [2.45, 2.75) is 33.6 Å². The van der Waals surface area contributed by atoms with Crippen molar-refractivity contribution in [3.63, 3.8) is 0 Å². The lowest BCUT2D eigenvalue weighted by molar-refractivity contribution is 0.430. The zero-order valence-corrected chi connectivity index (χ0v) is 16.7. The van der Waals surface area contributed by atoms with Gasteiger partial charge in [0.05, 0.1) is 5.69 Å². The van der Waals surface area contributed by atoms with Crippen LogP contribution in [0.15, 0.2) is 53.1 Å². The summed E-state index contributed by atoms with van der Waals surface area (Å²) in [5, 5.41) is 8.76. The smallest absolute Gasteiger partial charge is 0.278 e. The second kappa shape index (κ2) is 7.43. The van der Waals surface area contributed by atoms with Crippen molar-refractivity contribution < 1.29 is 4.52 Å². The van der Waals surface area contributed by atoms with Gasteiger partial charge in [0.2, 0.25) is 5.82 Å². The van der Waals surface area contributed by atoms with E-state index in [1.54, 1.807) is 0 Å². The maximum atomic E-state index is 5.53. The molecular formula is C23H24N4O. The van der Waals surface area contributed by atoms with Gasteiger partial charge < -0.3 is 4.52 Å². The second-order valence-electron chi connectivity index (χ2n) is 7.17. The molecule has 0 fully saturated rings. The van der Waals surface area contributed by atoms with Crippen molar-refractivity contribution in [3.05, 3.63) is 65.2 Å². The molecule has 0 atom stereocenters. The molecule has 0 radical (unpaired) electrons. The van der Waals surface area contributed by atoms with E-state index in [0.29, 0.717) is 17.4 Å². The van der Waals surface area contributed by atoms with E-state index in [-0.39, 0.29) is 0 Å². The molecule has 5 nitrogen and oxygen atoms in total. The summed E-state index contributed by atoms with van der Waals surface area (Å²) in [6.45, 7) is 6.50. The van der Waals surface area contributed by atoms with Crippen LogP contribution in [0.5, 0.6) is 0 Å². The Morgan fingerprint density at radius 1 is 0.964 bits per heavy atom. The summed E-state index contributed by atoms with van der Waals surface area (Å²) >= 11 is 0. The highest BCUT2D eigenvalue weighted by atomic mass is 16.5. The molecule has 0 bridgehead atoms. The first-order chi connectivity index (χ1) is 13.6. The highest BCUT2D eigenvalue weighted by Crippen LogP contribution is 2.28. The minimum atomic E-state index is 0.431. The minimum Gasteiger partial charge on any atom is -0.332 e. The van der Waals surface area contributed by atoms with Gasteiger partial charge in [0, 0.05) is 12.6 Å². The summed E-state index contributed by atoms with van der Waals surface area (Å²) in [7, 11) is 1.92. The molecule has 0 unspecified atom stereocenters. The summed E-state index contributed by atoms with van der Waals surface area (Å²) < 4.78 is 7.37. The maximum absolute atomic E-state index is 5.53. The van der Waals surface area contributed by atoms with E-state index in [9.17, 15) is 0 Å². The van der Waals surface area contributed by atoms with E-state index in [2.05, 4.69) is 60.3 Å². The lowest BCUT2D eigenvalue weighted by Gasteiger charge is -2.10. The van der Waals surface area contributed by atoms with Crippen molar-refractivity contribution in [2.24, 2.45) is 7.05 Å². The maximum Gasteiger partial charge on any atom is 0.278 e. The number of benzene rings is 2. The molecule has 0 aliphatic heterocycles. The van der Waals surface area contributed by atoms with Gasteiger partial charge in [-0.2, -0.15) is 10.1 Å². The monoisotopic (exact) mass is 372 g/mol. The fourth-order valence-electron chi connectivity index (χ4n) is 3.66. The van der Waals surface area contributed by atoms with Gasteiger partial charge in [0.1, 0.15) is 0 Å². The fraction of sp³-hybridized carbons (Fsp3) is 0.261. The lowest BCUT2D eigenvalue weighted by atomic mass is 9.96.